The number of benzene rings is 1. The van der Waals surface area contributed by atoms with Gasteiger partial charge >= 0.3 is 12.4 Å². The molecule has 2 saturated carbocycles. The smallest absolute Gasteiger partial charge is 0.364 e. The van der Waals surface area contributed by atoms with Crippen LogP contribution in [0.25, 0.3) is 39.6 Å². The normalized spacial score (nSPS) is 15.8. The van der Waals surface area contributed by atoms with Gasteiger partial charge in [0.15, 0.2) is 11.6 Å². The van der Waals surface area contributed by atoms with Gasteiger partial charge in [-0.05, 0) is 79.3 Å². The average Bonchev–Trinajstić information content (AvgIpc) is 3.40. The molecule has 0 aliphatic heterocycles. The second kappa shape index (κ2) is 12.5. The molecular weight excluding hydrogens is 662 g/mol. The van der Waals surface area contributed by atoms with Crippen molar-refractivity contribution in [2.24, 2.45) is 7.05 Å². The topological polar surface area (TPSA) is 122 Å². The van der Waals surface area contributed by atoms with E-state index in [1.54, 1.807) is 17.7 Å². The number of hydrogen-bond acceptors (Lipinski definition) is 8. The number of alkyl halides is 6. The molecule has 0 amide bonds. The number of rotatable bonds is 10. The van der Waals surface area contributed by atoms with E-state index in [1.165, 1.54) is 41.6 Å². The van der Waals surface area contributed by atoms with Gasteiger partial charge in [0, 0.05) is 37.0 Å². The van der Waals surface area contributed by atoms with Crippen LogP contribution in [0.2, 0.25) is 0 Å². The summed E-state index contributed by atoms with van der Waals surface area (Å²) in [6.45, 7) is 0.303. The van der Waals surface area contributed by atoms with Gasteiger partial charge in [0.05, 0.1) is 46.7 Å². The van der Waals surface area contributed by atoms with E-state index >= 15 is 0 Å². The van der Waals surface area contributed by atoms with E-state index in [4.69, 9.17) is 0 Å². The number of nitriles is 1. The van der Waals surface area contributed by atoms with Gasteiger partial charge < -0.3 is 15.2 Å². The van der Waals surface area contributed by atoms with Crippen LogP contribution in [0, 0.1) is 11.3 Å². The highest BCUT2D eigenvalue weighted by Crippen LogP contribution is 2.43. The summed E-state index contributed by atoms with van der Waals surface area (Å²) in [4.78, 5) is 9.02. The zero-order valence-corrected chi connectivity index (χ0v) is 26.6. The Labute approximate surface area is 282 Å². The Morgan fingerprint density at radius 3 is 2.40 bits per heavy atom. The molecule has 0 unspecified atom stereocenters. The van der Waals surface area contributed by atoms with Gasteiger partial charge in [0.1, 0.15) is 12.1 Å². The van der Waals surface area contributed by atoms with Crippen LogP contribution in [0.5, 0.6) is 0 Å². The molecule has 1 aromatic carbocycles. The molecule has 0 radical (unpaired) electrons. The van der Waals surface area contributed by atoms with Gasteiger partial charge in [0.25, 0.3) is 0 Å². The van der Waals surface area contributed by atoms with Crippen molar-refractivity contribution in [1.82, 2.24) is 39.8 Å². The van der Waals surface area contributed by atoms with Gasteiger partial charge in [0.2, 0.25) is 0 Å². The monoisotopic (exact) mass is 692 g/mol. The highest BCUT2D eigenvalue weighted by molar-refractivity contribution is 5.83. The van der Waals surface area contributed by atoms with E-state index in [-0.39, 0.29) is 34.9 Å². The number of nitrogens with zero attached hydrogens (tertiary/aromatic N) is 8. The second-order valence-corrected chi connectivity index (χ2v) is 12.7. The molecule has 0 saturated heterocycles. The largest absolute Gasteiger partial charge is 0.418 e. The quantitative estimate of drug-likeness (QED) is 0.146. The second-order valence-electron chi connectivity index (χ2n) is 12.7. The summed E-state index contributed by atoms with van der Waals surface area (Å²) < 4.78 is 87.4. The van der Waals surface area contributed by atoms with Crippen molar-refractivity contribution in [3.05, 3.63) is 78.0 Å². The molecule has 4 aromatic heterocycles. The summed E-state index contributed by atoms with van der Waals surface area (Å²) in [5.41, 5.74) is -1.37. The molecule has 7 rings (SSSR count). The van der Waals surface area contributed by atoms with Crippen molar-refractivity contribution in [1.29, 1.82) is 5.26 Å². The van der Waals surface area contributed by atoms with Crippen molar-refractivity contribution in [2.45, 2.75) is 69.0 Å². The molecule has 0 atom stereocenters. The molecule has 0 bridgehead atoms. The number of aryl methyl sites for hydroxylation is 1. The number of aromatic nitrogens is 7. The first-order valence-electron chi connectivity index (χ1n) is 15.9. The van der Waals surface area contributed by atoms with Crippen LogP contribution < -0.4 is 10.6 Å². The Morgan fingerprint density at radius 1 is 0.960 bits per heavy atom. The lowest BCUT2D eigenvalue weighted by Crippen LogP contribution is -2.34. The molecule has 16 heteroatoms. The predicted molar refractivity (Wildman–Crippen MR) is 170 cm³/mol. The van der Waals surface area contributed by atoms with Gasteiger partial charge in [-0.2, -0.15) is 36.7 Å². The number of pyridine rings is 2. The zero-order chi connectivity index (χ0) is 35.3. The molecule has 258 valence electrons. The fourth-order valence-electron chi connectivity index (χ4n) is 5.93. The van der Waals surface area contributed by atoms with E-state index < -0.39 is 29.0 Å². The third-order valence-corrected chi connectivity index (χ3v) is 9.11. The van der Waals surface area contributed by atoms with Crippen LogP contribution in [0.1, 0.15) is 55.3 Å². The van der Waals surface area contributed by atoms with Crippen molar-refractivity contribution in [2.75, 3.05) is 5.32 Å². The molecule has 5 aromatic rings. The standard InChI is InChI=1S/C34H30F6N10/c1-49-19-43-48-31(49)25-7-5-22(33(35,36)37)15-26(25)20-13-28(47-32(9-10-32)11-12-41)46-29(14-20)50-18-21(16-44-50)30-27(34(38,39)40)8-6-24(45-30)17-42-23-3-2-4-23/h5-8,13-16,18-19,23,42H,2-4,9-11,17H2,1H3,(H,46,47). The van der Waals surface area contributed by atoms with Crippen LogP contribution in [-0.2, 0) is 25.9 Å². The van der Waals surface area contributed by atoms with Gasteiger partial charge in [-0.15, -0.1) is 10.2 Å². The number of halogens is 6. The van der Waals surface area contributed by atoms with Crippen LogP contribution in [0.3, 0.4) is 0 Å². The van der Waals surface area contributed by atoms with Crippen molar-refractivity contribution >= 4 is 5.82 Å². The molecule has 0 spiro atoms. The van der Waals surface area contributed by atoms with Crippen molar-refractivity contribution < 1.29 is 26.3 Å². The maximum atomic E-state index is 14.2. The first-order chi connectivity index (χ1) is 23.8. The zero-order valence-electron chi connectivity index (χ0n) is 26.6. The maximum Gasteiger partial charge on any atom is 0.418 e. The van der Waals surface area contributed by atoms with Gasteiger partial charge in [-0.25, -0.2) is 9.67 Å². The Balaban J connectivity index is 1.34. The minimum absolute atomic E-state index is 0.0755. The lowest BCUT2D eigenvalue weighted by Gasteiger charge is -2.26. The highest BCUT2D eigenvalue weighted by atomic mass is 19.4. The Kier molecular flexibility index (Phi) is 8.33. The Hall–Kier alpha value is -5.30. The molecule has 2 aliphatic carbocycles. The fourth-order valence-corrected chi connectivity index (χ4v) is 5.93. The van der Waals surface area contributed by atoms with Crippen molar-refractivity contribution in [3.63, 3.8) is 0 Å². The van der Waals surface area contributed by atoms with E-state index in [1.807, 2.05) is 0 Å². The molecule has 2 aliphatic rings. The number of hydrogen-bond donors (Lipinski definition) is 2. The van der Waals surface area contributed by atoms with E-state index in [0.29, 0.717) is 48.1 Å². The predicted octanol–water partition coefficient (Wildman–Crippen LogP) is 7.33. The molecule has 2 fully saturated rings. The molecule has 2 N–H and O–H groups in total. The van der Waals surface area contributed by atoms with E-state index in [2.05, 4.69) is 42.0 Å². The molecule has 10 nitrogen and oxygen atoms in total. The van der Waals surface area contributed by atoms with Gasteiger partial charge in [-0.3, -0.25) is 4.98 Å². The fraction of sp³-hybridized carbons (Fsp3) is 0.353. The van der Waals surface area contributed by atoms with Crippen molar-refractivity contribution in [3.8, 4) is 45.7 Å². The SMILES string of the molecule is Cn1cnnc1-c1ccc(C(F)(F)F)cc1-c1cc(NC2(CC#N)CC2)nc(-n2cc(-c3nc(CNC4CCC4)ccc3C(F)(F)F)cn2)c1. The first kappa shape index (κ1) is 33.2. The summed E-state index contributed by atoms with van der Waals surface area (Å²) in [6.07, 6.45) is -0.691. The van der Waals surface area contributed by atoms with E-state index in [0.717, 1.165) is 37.5 Å². The highest BCUT2D eigenvalue weighted by Gasteiger charge is 2.43. The number of nitrogens with one attached hydrogen (secondary N) is 2. The third-order valence-electron chi connectivity index (χ3n) is 9.11. The average molecular weight is 693 g/mol. The van der Waals surface area contributed by atoms with Crippen LogP contribution in [0.4, 0.5) is 32.2 Å². The summed E-state index contributed by atoms with van der Waals surface area (Å²) in [5.74, 6) is 0.673. The van der Waals surface area contributed by atoms with Gasteiger partial charge in [-0.1, -0.05) is 6.42 Å². The van der Waals surface area contributed by atoms with Crippen LogP contribution >= 0.6 is 0 Å². The first-order valence-corrected chi connectivity index (χ1v) is 15.9. The lowest BCUT2D eigenvalue weighted by atomic mass is 9.93. The molecular formula is C34H30F6N10. The third kappa shape index (κ3) is 6.77. The Morgan fingerprint density at radius 2 is 1.76 bits per heavy atom. The summed E-state index contributed by atoms with van der Waals surface area (Å²) in [6, 6.07) is 11.2. The minimum atomic E-state index is -4.70. The van der Waals surface area contributed by atoms with Crippen LogP contribution in [-0.4, -0.2) is 46.1 Å². The van der Waals surface area contributed by atoms with E-state index in [9.17, 15) is 31.6 Å². The minimum Gasteiger partial charge on any atom is -0.364 e. The Bertz CT molecular complexity index is 2080. The molecule has 50 heavy (non-hydrogen) atoms. The molecule has 4 heterocycles. The summed E-state index contributed by atoms with van der Waals surface area (Å²) in [5, 5.41) is 28.3. The summed E-state index contributed by atoms with van der Waals surface area (Å²) in [7, 11) is 1.66. The lowest BCUT2D eigenvalue weighted by molar-refractivity contribution is -0.138. The number of anilines is 1. The maximum absolute atomic E-state index is 14.2. The summed E-state index contributed by atoms with van der Waals surface area (Å²) >= 11 is 0. The van der Waals surface area contributed by atoms with Crippen LogP contribution in [0.15, 0.2) is 61.2 Å².